The van der Waals surface area contributed by atoms with Crippen molar-refractivity contribution in [2.75, 3.05) is 20.2 Å². The first-order valence-electron chi connectivity index (χ1n) is 7.52. The molecule has 0 aromatic heterocycles. The van der Waals surface area contributed by atoms with Crippen molar-refractivity contribution in [2.24, 2.45) is 0 Å². The molecule has 1 aliphatic rings. The largest absolute Gasteiger partial charge is 0.494 e. The predicted molar refractivity (Wildman–Crippen MR) is 86.5 cm³/mol. The summed E-state index contributed by atoms with van der Waals surface area (Å²) in [5.41, 5.74) is 1.57. The molecule has 0 aliphatic carbocycles. The molecule has 21 heavy (non-hydrogen) atoms. The fraction of sp³-hybridized carbons (Fsp3) is 0.588. The first kappa shape index (κ1) is 16.2. The van der Waals surface area contributed by atoms with Crippen LogP contribution in [0.15, 0.2) is 12.1 Å². The molecule has 0 saturated carbocycles. The van der Waals surface area contributed by atoms with E-state index in [0.29, 0.717) is 16.3 Å². The summed E-state index contributed by atoms with van der Waals surface area (Å²) in [5.74, 6) is 0.514. The monoisotopic (exact) mass is 309 g/mol. The van der Waals surface area contributed by atoms with E-state index in [0.717, 1.165) is 31.5 Å². The lowest BCUT2D eigenvalue weighted by molar-refractivity contribution is 0.0721. The molecule has 0 radical (unpaired) electrons. The third-order valence-corrected chi connectivity index (χ3v) is 4.27. The van der Waals surface area contributed by atoms with Crippen LogP contribution in [-0.4, -0.2) is 31.0 Å². The average molecular weight is 310 g/mol. The van der Waals surface area contributed by atoms with Crippen molar-refractivity contribution in [3.05, 3.63) is 28.3 Å². The van der Waals surface area contributed by atoms with Crippen LogP contribution >= 0.6 is 11.6 Å². The zero-order valence-electron chi connectivity index (χ0n) is 13.3. The van der Waals surface area contributed by atoms with E-state index >= 15 is 0 Å². The molecule has 3 nitrogen and oxygen atoms in total. The van der Waals surface area contributed by atoms with Crippen LogP contribution in [0.2, 0.25) is 5.02 Å². The van der Waals surface area contributed by atoms with Gasteiger partial charge in [-0.15, -0.1) is 0 Å². The summed E-state index contributed by atoms with van der Waals surface area (Å²) in [4.78, 5) is 14.7. The number of amides is 1. The minimum Gasteiger partial charge on any atom is -0.494 e. The molecule has 0 atom stereocenters. The Bertz CT molecular complexity index is 528. The van der Waals surface area contributed by atoms with Crippen LogP contribution in [0.5, 0.6) is 5.75 Å². The van der Waals surface area contributed by atoms with E-state index < -0.39 is 0 Å². The molecule has 0 N–H and O–H groups in total. The van der Waals surface area contributed by atoms with E-state index in [-0.39, 0.29) is 11.3 Å². The zero-order chi connectivity index (χ0) is 15.6. The maximum Gasteiger partial charge on any atom is 0.257 e. The van der Waals surface area contributed by atoms with Gasteiger partial charge in [-0.05, 0) is 42.4 Å². The summed E-state index contributed by atoms with van der Waals surface area (Å²) in [7, 11) is 1.56. The summed E-state index contributed by atoms with van der Waals surface area (Å²) in [6.45, 7) is 7.97. The molecule has 1 amide bonds. The zero-order valence-corrected chi connectivity index (χ0v) is 14.1. The normalized spacial score (nSPS) is 16.0. The lowest BCUT2D eigenvalue weighted by Crippen LogP contribution is -2.36. The second-order valence-corrected chi connectivity index (χ2v) is 7.05. The van der Waals surface area contributed by atoms with Gasteiger partial charge in [0.2, 0.25) is 0 Å². The minimum absolute atomic E-state index is 0.0274. The molecule has 1 aromatic carbocycles. The van der Waals surface area contributed by atoms with E-state index in [2.05, 4.69) is 20.8 Å². The molecule has 1 aliphatic heterocycles. The Hall–Kier alpha value is -1.22. The van der Waals surface area contributed by atoms with Gasteiger partial charge in [-0.2, -0.15) is 0 Å². The van der Waals surface area contributed by atoms with Crippen LogP contribution in [0.25, 0.3) is 0 Å². The van der Waals surface area contributed by atoms with Gasteiger partial charge in [0.05, 0.1) is 17.7 Å². The second-order valence-electron chi connectivity index (χ2n) is 6.64. The molecule has 4 heteroatoms. The van der Waals surface area contributed by atoms with Crippen molar-refractivity contribution in [1.29, 1.82) is 0 Å². The third kappa shape index (κ3) is 3.52. The number of likely N-dealkylation sites (tertiary alicyclic amines) is 1. The van der Waals surface area contributed by atoms with E-state index in [1.807, 2.05) is 17.0 Å². The number of ether oxygens (including phenoxy) is 1. The van der Waals surface area contributed by atoms with Crippen LogP contribution < -0.4 is 4.74 Å². The maximum atomic E-state index is 12.8. The maximum absolute atomic E-state index is 12.8. The van der Waals surface area contributed by atoms with Gasteiger partial charge in [0, 0.05) is 13.1 Å². The summed E-state index contributed by atoms with van der Waals surface area (Å²) in [5, 5.41) is 0.505. The number of piperidine rings is 1. The fourth-order valence-electron chi connectivity index (χ4n) is 2.66. The number of carbonyl (C=O) groups is 1. The number of halogens is 1. The van der Waals surface area contributed by atoms with Crippen molar-refractivity contribution in [3.63, 3.8) is 0 Å². The van der Waals surface area contributed by atoms with Gasteiger partial charge in [0.15, 0.2) is 0 Å². The van der Waals surface area contributed by atoms with Gasteiger partial charge in [0.1, 0.15) is 5.75 Å². The van der Waals surface area contributed by atoms with E-state index in [9.17, 15) is 4.79 Å². The molecular formula is C17H24ClNO2. The number of methoxy groups -OCH3 is 1. The highest BCUT2D eigenvalue weighted by Crippen LogP contribution is 2.35. The van der Waals surface area contributed by atoms with Gasteiger partial charge in [-0.1, -0.05) is 32.4 Å². The average Bonchev–Trinajstić information content (AvgIpc) is 2.45. The van der Waals surface area contributed by atoms with Crippen LogP contribution in [0, 0.1) is 0 Å². The van der Waals surface area contributed by atoms with Gasteiger partial charge in [-0.3, -0.25) is 4.79 Å². The topological polar surface area (TPSA) is 29.5 Å². The lowest BCUT2D eigenvalue weighted by Gasteiger charge is -2.28. The molecule has 0 bridgehead atoms. The fourth-order valence-corrected chi connectivity index (χ4v) is 2.96. The van der Waals surface area contributed by atoms with Gasteiger partial charge < -0.3 is 9.64 Å². The summed E-state index contributed by atoms with van der Waals surface area (Å²) >= 11 is 6.33. The smallest absolute Gasteiger partial charge is 0.257 e. The van der Waals surface area contributed by atoms with Crippen LogP contribution in [0.4, 0.5) is 0 Å². The number of rotatable bonds is 2. The number of carbonyl (C=O) groups excluding carboxylic acids is 1. The van der Waals surface area contributed by atoms with E-state index in [4.69, 9.17) is 16.3 Å². The highest BCUT2D eigenvalue weighted by molar-refractivity contribution is 6.32. The van der Waals surface area contributed by atoms with Crippen molar-refractivity contribution in [3.8, 4) is 5.75 Å². The molecule has 2 rings (SSSR count). The third-order valence-electron chi connectivity index (χ3n) is 3.99. The molecule has 0 unspecified atom stereocenters. The Labute approximate surface area is 132 Å². The van der Waals surface area contributed by atoms with E-state index in [1.165, 1.54) is 6.42 Å². The molecule has 1 heterocycles. The van der Waals surface area contributed by atoms with Crippen molar-refractivity contribution >= 4 is 17.5 Å². The Morgan fingerprint density at radius 2 is 1.81 bits per heavy atom. The van der Waals surface area contributed by atoms with E-state index in [1.54, 1.807) is 7.11 Å². The molecular weight excluding hydrogens is 286 g/mol. The van der Waals surface area contributed by atoms with Gasteiger partial charge >= 0.3 is 0 Å². The Balaban J connectivity index is 2.44. The summed E-state index contributed by atoms with van der Waals surface area (Å²) in [6.07, 6.45) is 3.34. The first-order chi connectivity index (χ1) is 9.84. The molecule has 0 spiro atoms. The quantitative estimate of drug-likeness (QED) is 0.816. The second kappa shape index (κ2) is 6.27. The number of hydrogen-bond donors (Lipinski definition) is 0. The standard InChI is InChI=1S/C17H24ClNO2/c1-17(2,3)12-10-13(15(21-4)14(18)11-12)16(20)19-8-6-5-7-9-19/h10-11H,5-9H2,1-4H3. The molecule has 116 valence electrons. The molecule has 1 aromatic rings. The number of hydrogen-bond acceptors (Lipinski definition) is 2. The van der Waals surface area contributed by atoms with Crippen molar-refractivity contribution < 1.29 is 9.53 Å². The van der Waals surface area contributed by atoms with Gasteiger partial charge in [-0.25, -0.2) is 0 Å². The summed E-state index contributed by atoms with van der Waals surface area (Å²) in [6, 6.07) is 3.83. The predicted octanol–water partition coefficient (Wildman–Crippen LogP) is 4.27. The highest BCUT2D eigenvalue weighted by Gasteiger charge is 2.26. The van der Waals surface area contributed by atoms with Crippen molar-refractivity contribution in [1.82, 2.24) is 4.90 Å². The van der Waals surface area contributed by atoms with Crippen LogP contribution in [-0.2, 0) is 5.41 Å². The Morgan fingerprint density at radius 1 is 1.19 bits per heavy atom. The number of benzene rings is 1. The first-order valence-corrected chi connectivity index (χ1v) is 7.89. The van der Waals surface area contributed by atoms with Crippen LogP contribution in [0.3, 0.4) is 0 Å². The van der Waals surface area contributed by atoms with Gasteiger partial charge in [0.25, 0.3) is 5.91 Å². The minimum atomic E-state index is -0.0627. The lowest BCUT2D eigenvalue weighted by atomic mass is 9.86. The Kier molecular flexibility index (Phi) is 4.82. The summed E-state index contributed by atoms with van der Waals surface area (Å²) < 4.78 is 5.38. The number of nitrogens with zero attached hydrogens (tertiary/aromatic N) is 1. The Morgan fingerprint density at radius 3 is 2.33 bits per heavy atom. The van der Waals surface area contributed by atoms with Crippen molar-refractivity contribution in [2.45, 2.75) is 45.4 Å². The molecule has 1 fully saturated rings. The van der Waals surface area contributed by atoms with Crippen LogP contribution in [0.1, 0.15) is 56.0 Å². The highest BCUT2D eigenvalue weighted by atomic mass is 35.5. The molecule has 1 saturated heterocycles. The SMILES string of the molecule is COc1c(Cl)cc(C(C)(C)C)cc1C(=O)N1CCCCC1.